The molecule has 0 rings (SSSR count). The van der Waals surface area contributed by atoms with Gasteiger partial charge in [-0.25, -0.2) is 0 Å². The molecule has 0 saturated carbocycles. The van der Waals surface area contributed by atoms with E-state index in [0.717, 1.165) is 0 Å². The van der Waals surface area contributed by atoms with Gasteiger partial charge in [0, 0.05) is 5.88 Å². The zero-order valence-corrected chi connectivity index (χ0v) is 5.73. The van der Waals surface area contributed by atoms with E-state index < -0.39 is 0 Å². The highest BCUT2D eigenvalue weighted by Gasteiger charge is 1.95. The topological polar surface area (TPSA) is 20.2 Å². The molecule has 1 unspecified atom stereocenters. The number of allylic oxidation sites excluding steroid dienone is 1. The second kappa shape index (κ2) is 5.13. The van der Waals surface area contributed by atoms with Gasteiger partial charge in [0.1, 0.15) is 0 Å². The molecular formula is C6H11ClO. The van der Waals surface area contributed by atoms with E-state index >= 15 is 0 Å². The predicted octanol–water partition coefficient (Wildman–Crippen LogP) is 1.55. The molecule has 48 valence electrons. The summed E-state index contributed by atoms with van der Waals surface area (Å²) in [6.07, 6.45) is 4.09. The predicted molar refractivity (Wildman–Crippen MR) is 36.2 cm³/mol. The van der Waals surface area contributed by atoms with Crippen molar-refractivity contribution in [3.8, 4) is 0 Å². The van der Waals surface area contributed by atoms with Crippen LogP contribution in [0.2, 0.25) is 0 Å². The molecule has 0 aliphatic rings. The maximum atomic E-state index is 8.81. The highest BCUT2D eigenvalue weighted by Crippen LogP contribution is 1.94. The molecule has 0 heterocycles. The average molecular weight is 135 g/mol. The minimum Gasteiger partial charge on any atom is -0.392 e. The summed E-state index contributed by atoms with van der Waals surface area (Å²) < 4.78 is 0. The van der Waals surface area contributed by atoms with Gasteiger partial charge in [-0.05, 0) is 13.3 Å². The van der Waals surface area contributed by atoms with Crippen molar-refractivity contribution in [1.82, 2.24) is 0 Å². The van der Waals surface area contributed by atoms with E-state index in [2.05, 4.69) is 0 Å². The van der Waals surface area contributed by atoms with Crippen LogP contribution in [0, 0.1) is 0 Å². The van der Waals surface area contributed by atoms with Crippen LogP contribution < -0.4 is 0 Å². The van der Waals surface area contributed by atoms with Crippen LogP contribution in [-0.4, -0.2) is 17.1 Å². The quantitative estimate of drug-likeness (QED) is 0.459. The highest BCUT2D eigenvalue weighted by atomic mass is 35.5. The van der Waals surface area contributed by atoms with Gasteiger partial charge in [-0.3, -0.25) is 0 Å². The third-order valence-corrected chi connectivity index (χ3v) is 1.18. The molecule has 0 aromatic heterocycles. The first kappa shape index (κ1) is 7.99. The SMILES string of the molecule is C/C=C\CC(O)CCl. The normalized spacial score (nSPS) is 14.9. The van der Waals surface area contributed by atoms with E-state index in [-0.39, 0.29) is 6.10 Å². The second-order valence-electron chi connectivity index (χ2n) is 1.61. The van der Waals surface area contributed by atoms with Crippen LogP contribution in [0.1, 0.15) is 13.3 Å². The molecule has 0 radical (unpaired) electrons. The second-order valence-corrected chi connectivity index (χ2v) is 1.92. The van der Waals surface area contributed by atoms with Crippen molar-refractivity contribution in [2.45, 2.75) is 19.4 Å². The lowest BCUT2D eigenvalue weighted by molar-refractivity contribution is 0.202. The van der Waals surface area contributed by atoms with Crippen LogP contribution >= 0.6 is 11.6 Å². The number of alkyl halides is 1. The van der Waals surface area contributed by atoms with E-state index in [4.69, 9.17) is 16.7 Å². The minimum absolute atomic E-state index is 0.324. The van der Waals surface area contributed by atoms with Gasteiger partial charge in [-0.1, -0.05) is 12.2 Å². The van der Waals surface area contributed by atoms with Crippen molar-refractivity contribution in [3.63, 3.8) is 0 Å². The van der Waals surface area contributed by atoms with Gasteiger partial charge in [0.2, 0.25) is 0 Å². The molecule has 8 heavy (non-hydrogen) atoms. The van der Waals surface area contributed by atoms with Gasteiger partial charge < -0.3 is 5.11 Å². The minimum atomic E-state index is -0.368. The van der Waals surface area contributed by atoms with Crippen LogP contribution in [-0.2, 0) is 0 Å². The van der Waals surface area contributed by atoms with E-state index in [0.29, 0.717) is 12.3 Å². The third-order valence-electron chi connectivity index (χ3n) is 0.822. The van der Waals surface area contributed by atoms with Gasteiger partial charge in [0.25, 0.3) is 0 Å². The van der Waals surface area contributed by atoms with Crippen LogP contribution in [0.3, 0.4) is 0 Å². The smallest absolute Gasteiger partial charge is 0.0709 e. The van der Waals surface area contributed by atoms with Crippen molar-refractivity contribution < 1.29 is 5.11 Å². The van der Waals surface area contributed by atoms with Crippen molar-refractivity contribution in [1.29, 1.82) is 0 Å². The van der Waals surface area contributed by atoms with Gasteiger partial charge in [0.05, 0.1) is 6.10 Å². The van der Waals surface area contributed by atoms with Gasteiger partial charge >= 0.3 is 0 Å². The molecule has 0 aromatic carbocycles. The third kappa shape index (κ3) is 4.16. The summed E-state index contributed by atoms with van der Waals surface area (Å²) in [5.74, 6) is 0.324. The molecule has 0 aliphatic heterocycles. The number of aliphatic hydroxyl groups is 1. The lowest BCUT2D eigenvalue weighted by Crippen LogP contribution is -2.05. The molecule has 1 nitrogen and oxygen atoms in total. The van der Waals surface area contributed by atoms with E-state index in [9.17, 15) is 0 Å². The number of hydrogen-bond acceptors (Lipinski definition) is 1. The molecule has 0 aliphatic carbocycles. The zero-order valence-electron chi connectivity index (χ0n) is 4.97. The maximum absolute atomic E-state index is 8.81. The monoisotopic (exact) mass is 134 g/mol. The van der Waals surface area contributed by atoms with Crippen molar-refractivity contribution in [2.75, 3.05) is 5.88 Å². The summed E-state index contributed by atoms with van der Waals surface area (Å²) >= 11 is 5.30. The molecular weight excluding hydrogens is 124 g/mol. The Kier molecular flexibility index (Phi) is 5.13. The number of aliphatic hydroxyl groups excluding tert-OH is 1. The summed E-state index contributed by atoms with van der Waals surface area (Å²) in [6.45, 7) is 1.92. The van der Waals surface area contributed by atoms with Crippen LogP contribution in [0.5, 0.6) is 0 Å². The molecule has 0 bridgehead atoms. The summed E-state index contributed by atoms with van der Waals surface area (Å²) in [5, 5.41) is 8.81. The van der Waals surface area contributed by atoms with Crippen molar-refractivity contribution in [3.05, 3.63) is 12.2 Å². The molecule has 0 saturated heterocycles. The Balaban J connectivity index is 3.10. The Bertz CT molecular complexity index is 70.9. The molecule has 0 amide bonds. The molecule has 0 fully saturated rings. The standard InChI is InChI=1S/C6H11ClO/c1-2-3-4-6(8)5-7/h2-3,6,8H,4-5H2,1H3/b3-2-. The first-order valence-electron chi connectivity index (χ1n) is 2.66. The lowest BCUT2D eigenvalue weighted by Gasteiger charge is -1.98. The largest absolute Gasteiger partial charge is 0.392 e. The highest BCUT2D eigenvalue weighted by molar-refractivity contribution is 6.18. The molecule has 0 spiro atoms. The Hall–Kier alpha value is -0.0100. The number of rotatable bonds is 3. The first-order chi connectivity index (χ1) is 3.81. The number of hydrogen-bond donors (Lipinski definition) is 1. The Morgan fingerprint density at radius 3 is 2.75 bits per heavy atom. The van der Waals surface area contributed by atoms with Crippen molar-refractivity contribution >= 4 is 11.6 Å². The average Bonchev–Trinajstić information content (AvgIpc) is 1.83. The summed E-state index contributed by atoms with van der Waals surface area (Å²) in [6, 6.07) is 0. The number of halogens is 1. The molecule has 0 aromatic rings. The van der Waals surface area contributed by atoms with Gasteiger partial charge in [-0.15, -0.1) is 11.6 Å². The molecule has 1 atom stereocenters. The van der Waals surface area contributed by atoms with Crippen molar-refractivity contribution in [2.24, 2.45) is 0 Å². The van der Waals surface area contributed by atoms with Gasteiger partial charge in [0.15, 0.2) is 0 Å². The van der Waals surface area contributed by atoms with Crippen LogP contribution in [0.4, 0.5) is 0 Å². The summed E-state index contributed by atoms with van der Waals surface area (Å²) in [5.41, 5.74) is 0. The maximum Gasteiger partial charge on any atom is 0.0709 e. The molecule has 2 heteroatoms. The van der Waals surface area contributed by atoms with E-state index in [1.54, 1.807) is 0 Å². The van der Waals surface area contributed by atoms with E-state index in [1.807, 2.05) is 19.1 Å². The lowest BCUT2D eigenvalue weighted by atomic mass is 10.3. The first-order valence-corrected chi connectivity index (χ1v) is 3.20. The molecule has 1 N–H and O–H groups in total. The fraction of sp³-hybridized carbons (Fsp3) is 0.667. The Morgan fingerprint density at radius 2 is 2.38 bits per heavy atom. The summed E-state index contributed by atoms with van der Waals surface area (Å²) in [7, 11) is 0. The fourth-order valence-electron chi connectivity index (χ4n) is 0.356. The Labute approximate surface area is 55.0 Å². The fourth-order valence-corrected chi connectivity index (χ4v) is 0.482. The van der Waals surface area contributed by atoms with Gasteiger partial charge in [-0.2, -0.15) is 0 Å². The van der Waals surface area contributed by atoms with Crippen LogP contribution in [0.25, 0.3) is 0 Å². The zero-order chi connectivity index (χ0) is 6.41. The van der Waals surface area contributed by atoms with E-state index in [1.165, 1.54) is 0 Å². The van der Waals surface area contributed by atoms with Crippen LogP contribution in [0.15, 0.2) is 12.2 Å². The summed E-state index contributed by atoms with van der Waals surface area (Å²) in [4.78, 5) is 0. The Morgan fingerprint density at radius 1 is 1.75 bits per heavy atom.